The topological polar surface area (TPSA) is 34.5 Å². The molecule has 0 fully saturated rings. The molecule has 0 saturated carbocycles. The van der Waals surface area contributed by atoms with Gasteiger partial charge >= 0.3 is 0 Å². The van der Waals surface area contributed by atoms with Gasteiger partial charge in [0, 0.05) is 32.4 Å². The van der Waals surface area contributed by atoms with E-state index >= 15 is 0 Å². The third-order valence-electron chi connectivity index (χ3n) is 4.36. The number of aromatic nitrogens is 1. The van der Waals surface area contributed by atoms with Crippen LogP contribution in [0, 0.1) is 0 Å². The molecule has 0 spiro atoms. The minimum atomic E-state index is 0.00174. The van der Waals surface area contributed by atoms with Crippen molar-refractivity contribution in [3.05, 3.63) is 66.0 Å². The van der Waals surface area contributed by atoms with Crippen molar-refractivity contribution in [2.24, 2.45) is 7.05 Å². The third kappa shape index (κ3) is 3.53. The van der Waals surface area contributed by atoms with Gasteiger partial charge in [-0.25, -0.2) is 0 Å². The van der Waals surface area contributed by atoms with E-state index in [-0.39, 0.29) is 5.91 Å². The quantitative estimate of drug-likeness (QED) is 0.675. The van der Waals surface area contributed by atoms with E-state index in [0.717, 1.165) is 28.5 Å². The van der Waals surface area contributed by atoms with Crippen molar-refractivity contribution in [2.45, 2.75) is 19.9 Å². The molecule has 0 saturated heterocycles. The molecule has 1 amide bonds. The maximum atomic E-state index is 12.8. The maximum absolute atomic E-state index is 12.8. The van der Waals surface area contributed by atoms with Gasteiger partial charge in [-0.1, -0.05) is 37.3 Å². The number of carbonyl (C=O) groups excluding carboxylic acids is 1. The largest absolute Gasteiger partial charge is 0.493 e. The summed E-state index contributed by atoms with van der Waals surface area (Å²) in [5.74, 6) is 0.856. The minimum absolute atomic E-state index is 0.00174. The van der Waals surface area contributed by atoms with Crippen molar-refractivity contribution >= 4 is 16.7 Å². The molecule has 0 aliphatic heterocycles. The van der Waals surface area contributed by atoms with E-state index in [4.69, 9.17) is 4.74 Å². The predicted molar refractivity (Wildman–Crippen MR) is 101 cm³/mol. The number of nitrogens with zero attached hydrogens (tertiary/aromatic N) is 2. The summed E-state index contributed by atoms with van der Waals surface area (Å²) in [5, 5.41) is 2.28. The molecular formula is C21H24N2O2. The molecule has 0 unspecified atom stereocenters. The Morgan fingerprint density at radius 3 is 2.64 bits per heavy atom. The first-order chi connectivity index (χ1) is 12.1. The molecule has 3 rings (SSSR count). The van der Waals surface area contributed by atoms with Crippen molar-refractivity contribution in [3.63, 3.8) is 0 Å². The van der Waals surface area contributed by atoms with Crippen molar-refractivity contribution in [1.29, 1.82) is 0 Å². The SMILES string of the molecule is CCCOc1ccc2ccccc2c1CN(C)C(=O)c1cccn1C. The molecule has 0 bridgehead atoms. The van der Waals surface area contributed by atoms with E-state index in [1.807, 2.05) is 55.2 Å². The standard InChI is InChI=1S/C21H24N2O2/c1-4-14-25-20-12-11-16-8-5-6-9-17(16)18(20)15-23(3)21(24)19-10-7-13-22(19)2/h5-13H,4,14-15H2,1-3H3. The Morgan fingerprint density at radius 2 is 1.92 bits per heavy atom. The molecule has 1 heterocycles. The average molecular weight is 336 g/mol. The monoisotopic (exact) mass is 336 g/mol. The molecule has 3 aromatic rings. The Balaban J connectivity index is 1.95. The van der Waals surface area contributed by atoms with Crippen molar-refractivity contribution in [3.8, 4) is 5.75 Å². The van der Waals surface area contributed by atoms with Crippen LogP contribution in [0.3, 0.4) is 0 Å². The highest BCUT2D eigenvalue weighted by Crippen LogP contribution is 2.29. The van der Waals surface area contributed by atoms with Crippen LogP contribution in [0.2, 0.25) is 0 Å². The second-order valence-electron chi connectivity index (χ2n) is 6.28. The van der Waals surface area contributed by atoms with Gasteiger partial charge in [0.1, 0.15) is 11.4 Å². The van der Waals surface area contributed by atoms with E-state index in [1.54, 1.807) is 4.90 Å². The van der Waals surface area contributed by atoms with Gasteiger partial charge in [-0.2, -0.15) is 0 Å². The Labute approximate surface area is 148 Å². The molecule has 4 nitrogen and oxygen atoms in total. The Kier molecular flexibility index (Phi) is 5.08. The van der Waals surface area contributed by atoms with Gasteiger partial charge in [-0.3, -0.25) is 4.79 Å². The van der Waals surface area contributed by atoms with Gasteiger partial charge in [0.15, 0.2) is 0 Å². The molecular weight excluding hydrogens is 312 g/mol. The summed E-state index contributed by atoms with van der Waals surface area (Å²) in [6, 6.07) is 16.0. The summed E-state index contributed by atoms with van der Waals surface area (Å²) in [7, 11) is 3.72. The fraction of sp³-hybridized carbons (Fsp3) is 0.286. The molecule has 0 aliphatic carbocycles. The maximum Gasteiger partial charge on any atom is 0.270 e. The van der Waals surface area contributed by atoms with Crippen molar-refractivity contribution < 1.29 is 9.53 Å². The van der Waals surface area contributed by atoms with E-state index < -0.39 is 0 Å². The zero-order chi connectivity index (χ0) is 17.8. The van der Waals surface area contributed by atoms with Crippen molar-refractivity contribution in [2.75, 3.05) is 13.7 Å². The lowest BCUT2D eigenvalue weighted by atomic mass is 10.0. The Morgan fingerprint density at radius 1 is 1.12 bits per heavy atom. The van der Waals surface area contributed by atoms with Crippen LogP contribution in [0.5, 0.6) is 5.75 Å². The van der Waals surface area contributed by atoms with Crippen LogP contribution in [0.4, 0.5) is 0 Å². The summed E-state index contributed by atoms with van der Waals surface area (Å²) < 4.78 is 7.79. The van der Waals surface area contributed by atoms with Gasteiger partial charge in [0.05, 0.1) is 6.61 Å². The highest BCUT2D eigenvalue weighted by molar-refractivity contribution is 5.93. The van der Waals surface area contributed by atoms with Crippen LogP contribution in [-0.4, -0.2) is 29.0 Å². The lowest BCUT2D eigenvalue weighted by molar-refractivity contribution is 0.0775. The molecule has 25 heavy (non-hydrogen) atoms. The molecule has 4 heteroatoms. The summed E-state index contributed by atoms with van der Waals surface area (Å²) in [5.41, 5.74) is 1.73. The first-order valence-corrected chi connectivity index (χ1v) is 8.62. The second kappa shape index (κ2) is 7.43. The number of aryl methyl sites for hydroxylation is 1. The van der Waals surface area contributed by atoms with E-state index in [2.05, 4.69) is 25.1 Å². The number of benzene rings is 2. The number of carbonyl (C=O) groups is 1. The lowest BCUT2D eigenvalue weighted by Gasteiger charge is -2.21. The normalized spacial score (nSPS) is 10.8. The second-order valence-corrected chi connectivity index (χ2v) is 6.28. The molecule has 1 aromatic heterocycles. The zero-order valence-corrected chi connectivity index (χ0v) is 15.0. The third-order valence-corrected chi connectivity index (χ3v) is 4.36. The van der Waals surface area contributed by atoms with Crippen molar-refractivity contribution in [1.82, 2.24) is 9.47 Å². The fourth-order valence-corrected chi connectivity index (χ4v) is 3.01. The summed E-state index contributed by atoms with van der Waals surface area (Å²) in [6.07, 6.45) is 2.83. The summed E-state index contributed by atoms with van der Waals surface area (Å²) in [6.45, 7) is 3.26. The number of hydrogen-bond acceptors (Lipinski definition) is 2. The number of fused-ring (bicyclic) bond motifs is 1. The highest BCUT2D eigenvalue weighted by atomic mass is 16.5. The van der Waals surface area contributed by atoms with Gasteiger partial charge in [-0.05, 0) is 35.4 Å². The number of hydrogen-bond donors (Lipinski definition) is 0. The van der Waals surface area contributed by atoms with E-state index in [1.165, 1.54) is 0 Å². The zero-order valence-electron chi connectivity index (χ0n) is 15.0. The predicted octanol–water partition coefficient (Wildman–Crippen LogP) is 4.24. The number of rotatable bonds is 6. The molecule has 0 N–H and O–H groups in total. The van der Waals surface area contributed by atoms with Crippen LogP contribution in [-0.2, 0) is 13.6 Å². The smallest absolute Gasteiger partial charge is 0.270 e. The molecule has 0 atom stereocenters. The lowest BCUT2D eigenvalue weighted by Crippen LogP contribution is -2.28. The highest BCUT2D eigenvalue weighted by Gasteiger charge is 2.18. The van der Waals surface area contributed by atoms with Crippen LogP contribution in [0.25, 0.3) is 10.8 Å². The first kappa shape index (κ1) is 17.1. The summed E-state index contributed by atoms with van der Waals surface area (Å²) in [4.78, 5) is 14.5. The minimum Gasteiger partial charge on any atom is -0.493 e. The molecule has 130 valence electrons. The first-order valence-electron chi connectivity index (χ1n) is 8.62. The van der Waals surface area contributed by atoms with Crippen LogP contribution in [0.1, 0.15) is 29.4 Å². The Hall–Kier alpha value is -2.75. The van der Waals surface area contributed by atoms with Gasteiger partial charge in [0.25, 0.3) is 5.91 Å². The fourth-order valence-electron chi connectivity index (χ4n) is 3.01. The van der Waals surface area contributed by atoms with Gasteiger partial charge in [0.2, 0.25) is 0 Å². The van der Waals surface area contributed by atoms with Gasteiger partial charge in [-0.15, -0.1) is 0 Å². The van der Waals surface area contributed by atoms with Gasteiger partial charge < -0.3 is 14.2 Å². The average Bonchev–Trinajstić information content (AvgIpc) is 3.06. The van der Waals surface area contributed by atoms with E-state index in [0.29, 0.717) is 18.8 Å². The summed E-state index contributed by atoms with van der Waals surface area (Å²) >= 11 is 0. The molecule has 0 aliphatic rings. The Bertz CT molecular complexity index is 882. The molecule has 2 aromatic carbocycles. The van der Waals surface area contributed by atoms with Crippen LogP contribution < -0.4 is 4.74 Å². The van der Waals surface area contributed by atoms with E-state index in [9.17, 15) is 4.79 Å². The number of amides is 1. The number of ether oxygens (including phenoxy) is 1. The van der Waals surface area contributed by atoms with Crippen LogP contribution in [0.15, 0.2) is 54.7 Å². The van der Waals surface area contributed by atoms with Crippen LogP contribution >= 0.6 is 0 Å². The molecule has 0 radical (unpaired) electrons.